The molecule has 3 heterocycles. The average molecular weight is 458 g/mol. The number of amides is 2. The summed E-state index contributed by atoms with van der Waals surface area (Å²) >= 11 is 7.58. The normalized spacial score (nSPS) is 14.5. The summed E-state index contributed by atoms with van der Waals surface area (Å²) in [6.45, 7) is 4.78. The molecule has 2 amide bonds. The van der Waals surface area contributed by atoms with Crippen LogP contribution in [-0.2, 0) is 9.59 Å². The maximum absolute atomic E-state index is 12.7. The molecule has 9 heteroatoms. The van der Waals surface area contributed by atoms with Crippen molar-refractivity contribution in [1.82, 2.24) is 14.9 Å². The Labute approximate surface area is 190 Å². The van der Waals surface area contributed by atoms with Crippen LogP contribution in [0, 0.1) is 6.92 Å². The van der Waals surface area contributed by atoms with E-state index in [1.165, 1.54) is 0 Å². The summed E-state index contributed by atoms with van der Waals surface area (Å²) in [5, 5.41) is 4.36. The molecule has 0 radical (unpaired) electrons. The molecule has 0 saturated carbocycles. The molecular formula is C22H24ClN5O2S. The smallest absolute Gasteiger partial charge is 0.224 e. The van der Waals surface area contributed by atoms with Gasteiger partial charge in [0.15, 0.2) is 5.13 Å². The number of carbonyl (C=O) groups is 2. The van der Waals surface area contributed by atoms with E-state index in [9.17, 15) is 9.59 Å². The number of nitrogens with one attached hydrogen (secondary N) is 1. The van der Waals surface area contributed by atoms with Crippen LogP contribution < -0.4 is 10.2 Å². The highest BCUT2D eigenvalue weighted by atomic mass is 35.5. The fourth-order valence-corrected chi connectivity index (χ4v) is 4.70. The molecular weight excluding hydrogens is 434 g/mol. The maximum atomic E-state index is 12.7. The Morgan fingerprint density at radius 3 is 2.87 bits per heavy atom. The standard InChI is InChI=1S/C22H24ClN5O2S/c1-15-5-6-16(23)14-18(15)25-19(29)7-8-20(30)27-10-3-11-28(13-12-27)22-26-17-4-2-9-24-21(17)31-22/h2,4-6,9,14H,3,7-8,10-13H2,1H3,(H,25,29). The number of nitrogens with zero attached hydrogens (tertiary/aromatic N) is 4. The van der Waals surface area contributed by atoms with Gasteiger partial charge in [-0.2, -0.15) is 0 Å². The van der Waals surface area contributed by atoms with Crippen LogP contribution >= 0.6 is 22.9 Å². The highest BCUT2D eigenvalue weighted by Gasteiger charge is 2.22. The van der Waals surface area contributed by atoms with Gasteiger partial charge < -0.3 is 15.1 Å². The van der Waals surface area contributed by atoms with E-state index in [2.05, 4.69) is 20.2 Å². The molecule has 1 fully saturated rings. The third kappa shape index (κ3) is 5.32. The first-order chi connectivity index (χ1) is 15.0. The van der Waals surface area contributed by atoms with Gasteiger partial charge >= 0.3 is 0 Å². The molecule has 1 aromatic carbocycles. The van der Waals surface area contributed by atoms with Gasteiger partial charge in [-0.25, -0.2) is 9.97 Å². The van der Waals surface area contributed by atoms with Crippen molar-refractivity contribution >= 4 is 55.9 Å². The Kier molecular flexibility index (Phi) is 6.67. The van der Waals surface area contributed by atoms with Gasteiger partial charge in [-0.05, 0) is 43.2 Å². The van der Waals surface area contributed by atoms with E-state index in [1.54, 1.807) is 29.7 Å². The Morgan fingerprint density at radius 2 is 2.03 bits per heavy atom. The summed E-state index contributed by atoms with van der Waals surface area (Å²) in [6.07, 6.45) is 2.98. The minimum absolute atomic E-state index is 0.00535. The van der Waals surface area contributed by atoms with Crippen LogP contribution in [0.5, 0.6) is 0 Å². The second-order valence-electron chi connectivity index (χ2n) is 7.55. The summed E-state index contributed by atoms with van der Waals surface area (Å²) in [7, 11) is 0. The van der Waals surface area contributed by atoms with Gasteiger partial charge in [0, 0.05) is 55.9 Å². The molecule has 0 atom stereocenters. The van der Waals surface area contributed by atoms with Gasteiger partial charge in [0.1, 0.15) is 10.3 Å². The van der Waals surface area contributed by atoms with E-state index in [1.807, 2.05) is 30.0 Å². The molecule has 1 aliphatic rings. The van der Waals surface area contributed by atoms with E-state index in [-0.39, 0.29) is 24.7 Å². The van der Waals surface area contributed by atoms with Crippen LogP contribution in [0.3, 0.4) is 0 Å². The zero-order chi connectivity index (χ0) is 21.8. The first kappa shape index (κ1) is 21.5. The van der Waals surface area contributed by atoms with Crippen LogP contribution in [0.2, 0.25) is 5.02 Å². The molecule has 162 valence electrons. The molecule has 0 aliphatic carbocycles. The van der Waals surface area contributed by atoms with Gasteiger partial charge in [-0.3, -0.25) is 9.59 Å². The topological polar surface area (TPSA) is 78.4 Å². The van der Waals surface area contributed by atoms with Crippen LogP contribution in [-0.4, -0.2) is 52.9 Å². The highest BCUT2D eigenvalue weighted by Crippen LogP contribution is 2.27. The number of rotatable bonds is 5. The third-order valence-corrected chi connectivity index (χ3v) is 6.59. The maximum Gasteiger partial charge on any atom is 0.224 e. The lowest BCUT2D eigenvalue weighted by atomic mass is 10.2. The fraction of sp³-hybridized carbons (Fsp3) is 0.364. The molecule has 3 aromatic rings. The molecule has 31 heavy (non-hydrogen) atoms. The zero-order valence-corrected chi connectivity index (χ0v) is 18.9. The number of fused-ring (bicyclic) bond motifs is 1. The number of benzene rings is 1. The molecule has 7 nitrogen and oxygen atoms in total. The van der Waals surface area contributed by atoms with Crippen LogP contribution in [0.25, 0.3) is 10.3 Å². The third-order valence-electron chi connectivity index (χ3n) is 5.31. The van der Waals surface area contributed by atoms with E-state index in [0.717, 1.165) is 40.6 Å². The van der Waals surface area contributed by atoms with Gasteiger partial charge in [0.2, 0.25) is 11.8 Å². The van der Waals surface area contributed by atoms with Crippen molar-refractivity contribution in [3.8, 4) is 0 Å². The van der Waals surface area contributed by atoms with Crippen LogP contribution in [0.15, 0.2) is 36.5 Å². The van der Waals surface area contributed by atoms with Gasteiger partial charge in [0.05, 0.1) is 0 Å². The second-order valence-corrected chi connectivity index (χ2v) is 8.95. The number of halogens is 1. The first-order valence-corrected chi connectivity index (χ1v) is 11.5. The number of hydrogen-bond acceptors (Lipinski definition) is 6. The summed E-state index contributed by atoms with van der Waals surface area (Å²) in [4.78, 5) is 39.0. The van der Waals surface area contributed by atoms with Crippen LogP contribution in [0.1, 0.15) is 24.8 Å². The Morgan fingerprint density at radius 1 is 1.16 bits per heavy atom. The Balaban J connectivity index is 1.29. The largest absolute Gasteiger partial charge is 0.346 e. The molecule has 4 rings (SSSR count). The van der Waals surface area contributed by atoms with Gasteiger partial charge in [0.25, 0.3) is 0 Å². The van der Waals surface area contributed by atoms with Crippen molar-refractivity contribution in [2.45, 2.75) is 26.2 Å². The van der Waals surface area contributed by atoms with E-state index in [0.29, 0.717) is 23.8 Å². The predicted molar refractivity (Wildman–Crippen MR) is 125 cm³/mol. The number of carbonyl (C=O) groups excluding carboxylic acids is 2. The fourth-order valence-electron chi connectivity index (χ4n) is 3.57. The van der Waals surface area contributed by atoms with Gasteiger partial charge in [-0.15, -0.1) is 0 Å². The monoisotopic (exact) mass is 457 g/mol. The van der Waals surface area contributed by atoms with Gasteiger partial charge in [-0.1, -0.05) is 29.0 Å². The quantitative estimate of drug-likeness (QED) is 0.623. The number of aromatic nitrogens is 2. The summed E-state index contributed by atoms with van der Waals surface area (Å²) in [5.74, 6) is -0.178. The van der Waals surface area contributed by atoms with Crippen molar-refractivity contribution in [2.24, 2.45) is 0 Å². The molecule has 1 saturated heterocycles. The predicted octanol–water partition coefficient (Wildman–Crippen LogP) is 4.11. The van der Waals surface area contributed by atoms with Crippen molar-refractivity contribution in [1.29, 1.82) is 0 Å². The summed E-state index contributed by atoms with van der Waals surface area (Å²) < 4.78 is 0. The minimum atomic E-state index is -0.183. The zero-order valence-electron chi connectivity index (χ0n) is 17.3. The molecule has 1 N–H and O–H groups in total. The number of thiazole rings is 1. The summed E-state index contributed by atoms with van der Waals surface area (Å²) in [6, 6.07) is 9.21. The Bertz CT molecular complexity index is 1070. The van der Waals surface area contributed by atoms with Crippen molar-refractivity contribution in [2.75, 3.05) is 36.4 Å². The molecule has 0 bridgehead atoms. The van der Waals surface area contributed by atoms with E-state index < -0.39 is 0 Å². The number of pyridine rings is 1. The number of anilines is 2. The average Bonchev–Trinajstić information content (AvgIpc) is 3.04. The molecule has 2 aromatic heterocycles. The second kappa shape index (κ2) is 9.62. The molecule has 0 spiro atoms. The summed E-state index contributed by atoms with van der Waals surface area (Å²) in [5.41, 5.74) is 2.52. The first-order valence-electron chi connectivity index (χ1n) is 10.3. The molecule has 1 aliphatic heterocycles. The number of hydrogen-bond donors (Lipinski definition) is 1. The SMILES string of the molecule is Cc1ccc(Cl)cc1NC(=O)CCC(=O)N1CCCN(c2nc3cccnc3s2)CC1. The van der Waals surface area contributed by atoms with Crippen LogP contribution in [0.4, 0.5) is 10.8 Å². The molecule has 0 unspecified atom stereocenters. The van der Waals surface area contributed by atoms with Crippen molar-refractivity contribution in [3.63, 3.8) is 0 Å². The highest BCUT2D eigenvalue weighted by molar-refractivity contribution is 7.21. The van der Waals surface area contributed by atoms with E-state index >= 15 is 0 Å². The lowest BCUT2D eigenvalue weighted by Crippen LogP contribution is -2.35. The minimum Gasteiger partial charge on any atom is -0.346 e. The number of aryl methyl sites for hydroxylation is 1. The van der Waals surface area contributed by atoms with E-state index in [4.69, 9.17) is 11.6 Å². The van der Waals surface area contributed by atoms with Crippen molar-refractivity contribution in [3.05, 3.63) is 47.1 Å². The Hall–Kier alpha value is -2.71. The lowest BCUT2D eigenvalue weighted by molar-refractivity contribution is -0.132. The lowest BCUT2D eigenvalue weighted by Gasteiger charge is -2.21. The van der Waals surface area contributed by atoms with Crippen molar-refractivity contribution < 1.29 is 9.59 Å².